The number of thiazole rings is 1. The zero-order chi connectivity index (χ0) is 19.0. The highest BCUT2D eigenvalue weighted by atomic mass is 32.1. The Morgan fingerprint density at radius 1 is 1.30 bits per heavy atom. The van der Waals surface area contributed by atoms with Crippen LogP contribution in [0.5, 0.6) is 11.5 Å². The summed E-state index contributed by atoms with van der Waals surface area (Å²) in [6.07, 6.45) is 1.31. The summed E-state index contributed by atoms with van der Waals surface area (Å²) in [5, 5.41) is 8.55. The number of hydrogen-bond donors (Lipinski definition) is 1. The highest BCUT2D eigenvalue weighted by molar-refractivity contribution is 7.16. The number of hydrazone groups is 1. The molecule has 1 aromatic carbocycles. The number of carbonyl (C=O) groups is 2. The molecule has 27 heavy (non-hydrogen) atoms. The van der Waals surface area contributed by atoms with Gasteiger partial charge < -0.3 is 9.47 Å². The van der Waals surface area contributed by atoms with E-state index < -0.39 is 0 Å². The molecule has 0 unspecified atom stereocenters. The lowest BCUT2D eigenvalue weighted by atomic mass is 10.1. The van der Waals surface area contributed by atoms with Gasteiger partial charge in [-0.2, -0.15) is 5.10 Å². The van der Waals surface area contributed by atoms with Crippen LogP contribution in [0.15, 0.2) is 23.3 Å². The molecule has 0 fully saturated rings. The molecule has 9 heteroatoms. The monoisotopic (exact) mass is 386 g/mol. The van der Waals surface area contributed by atoms with Gasteiger partial charge in [0.05, 0.1) is 5.69 Å². The number of fused-ring (bicyclic) bond motifs is 1. The number of anilines is 1. The van der Waals surface area contributed by atoms with Gasteiger partial charge in [0, 0.05) is 31.2 Å². The van der Waals surface area contributed by atoms with E-state index in [9.17, 15) is 9.59 Å². The van der Waals surface area contributed by atoms with Gasteiger partial charge in [-0.05, 0) is 24.6 Å². The van der Waals surface area contributed by atoms with Crippen LogP contribution in [0.25, 0.3) is 0 Å². The second-order valence-corrected chi connectivity index (χ2v) is 7.39. The van der Waals surface area contributed by atoms with Crippen molar-refractivity contribution in [2.24, 2.45) is 5.10 Å². The summed E-state index contributed by atoms with van der Waals surface area (Å²) in [7, 11) is 1.55. The second-order valence-electron chi connectivity index (χ2n) is 6.31. The minimum atomic E-state index is -0.322. The van der Waals surface area contributed by atoms with E-state index >= 15 is 0 Å². The zero-order valence-corrected chi connectivity index (χ0v) is 15.8. The van der Waals surface area contributed by atoms with Crippen LogP contribution in [0.1, 0.15) is 29.0 Å². The molecule has 8 nitrogen and oxygen atoms in total. The van der Waals surface area contributed by atoms with Gasteiger partial charge in [0.1, 0.15) is 5.71 Å². The molecule has 2 aliphatic heterocycles. The molecule has 2 aliphatic rings. The van der Waals surface area contributed by atoms with Crippen molar-refractivity contribution in [3.63, 3.8) is 0 Å². The van der Waals surface area contributed by atoms with E-state index in [2.05, 4.69) is 15.4 Å². The van der Waals surface area contributed by atoms with Crippen molar-refractivity contribution in [1.29, 1.82) is 0 Å². The van der Waals surface area contributed by atoms with Gasteiger partial charge in [0.15, 0.2) is 16.6 Å². The number of amides is 2. The lowest BCUT2D eigenvalue weighted by molar-refractivity contribution is -0.130. The third kappa shape index (κ3) is 3.63. The number of rotatable bonds is 4. The summed E-state index contributed by atoms with van der Waals surface area (Å²) in [4.78, 5) is 29.4. The number of nitrogens with one attached hydrogen (secondary N) is 1. The van der Waals surface area contributed by atoms with Crippen molar-refractivity contribution < 1.29 is 19.1 Å². The fourth-order valence-electron chi connectivity index (χ4n) is 2.88. The first kappa shape index (κ1) is 17.5. The van der Waals surface area contributed by atoms with Crippen LogP contribution in [0, 0.1) is 6.92 Å². The number of hydrogen-bond acceptors (Lipinski definition) is 7. The molecular formula is C18H18N4O4S. The van der Waals surface area contributed by atoms with E-state index in [1.807, 2.05) is 25.1 Å². The van der Waals surface area contributed by atoms with Crippen LogP contribution < -0.4 is 14.8 Å². The maximum absolute atomic E-state index is 12.4. The standard InChI is InChI=1S/C18H18N4O4S/c1-10-15(8-11-3-5-13-14(7-11)26-9-25-13)27-18(19-10)20-17(24)12-4-6-16(23)22(2)21-12/h3,5,7H,4,6,8-9H2,1-2H3,(H,19,20,24). The first-order valence-electron chi connectivity index (χ1n) is 8.50. The van der Waals surface area contributed by atoms with E-state index in [-0.39, 0.29) is 25.0 Å². The highest BCUT2D eigenvalue weighted by Crippen LogP contribution is 2.34. The molecule has 2 aromatic rings. The van der Waals surface area contributed by atoms with Gasteiger partial charge in [-0.1, -0.05) is 6.07 Å². The maximum atomic E-state index is 12.4. The van der Waals surface area contributed by atoms with Crippen molar-refractivity contribution in [2.45, 2.75) is 26.2 Å². The summed E-state index contributed by atoms with van der Waals surface area (Å²) in [5.41, 5.74) is 2.29. The normalized spacial score (nSPS) is 15.7. The Kier molecular flexibility index (Phi) is 4.53. The molecule has 140 valence electrons. The average Bonchev–Trinajstić information content (AvgIpc) is 3.23. The minimum absolute atomic E-state index is 0.0948. The van der Waals surface area contributed by atoms with Crippen LogP contribution >= 0.6 is 11.3 Å². The van der Waals surface area contributed by atoms with Crippen LogP contribution in [0.3, 0.4) is 0 Å². The summed E-state index contributed by atoms with van der Waals surface area (Å²) in [6, 6.07) is 5.85. The van der Waals surface area contributed by atoms with Crippen molar-refractivity contribution in [2.75, 3.05) is 19.2 Å². The zero-order valence-electron chi connectivity index (χ0n) is 14.9. The van der Waals surface area contributed by atoms with Gasteiger partial charge in [0.25, 0.3) is 5.91 Å². The molecule has 3 heterocycles. The third-order valence-electron chi connectivity index (χ3n) is 4.38. The van der Waals surface area contributed by atoms with E-state index in [0.717, 1.165) is 27.6 Å². The second kappa shape index (κ2) is 6.99. The highest BCUT2D eigenvalue weighted by Gasteiger charge is 2.23. The Labute approximate surface area is 159 Å². The third-order valence-corrected chi connectivity index (χ3v) is 5.46. The first-order valence-corrected chi connectivity index (χ1v) is 9.31. The van der Waals surface area contributed by atoms with E-state index in [1.165, 1.54) is 16.3 Å². The number of ether oxygens (including phenoxy) is 2. The SMILES string of the molecule is Cc1nc(NC(=O)C2=NN(C)C(=O)CC2)sc1Cc1ccc2c(c1)OCO2. The minimum Gasteiger partial charge on any atom is -0.454 e. The fraction of sp³-hybridized carbons (Fsp3) is 0.333. The number of benzene rings is 1. The molecule has 1 aromatic heterocycles. The van der Waals surface area contributed by atoms with Gasteiger partial charge >= 0.3 is 0 Å². The first-order chi connectivity index (χ1) is 13.0. The maximum Gasteiger partial charge on any atom is 0.273 e. The summed E-state index contributed by atoms with van der Waals surface area (Å²) in [5.74, 6) is 1.09. The summed E-state index contributed by atoms with van der Waals surface area (Å²) in [6.45, 7) is 2.16. The Hall–Kier alpha value is -2.94. The molecule has 0 aliphatic carbocycles. The molecular weight excluding hydrogens is 368 g/mol. The molecule has 0 saturated carbocycles. The predicted molar refractivity (Wildman–Crippen MR) is 100 cm³/mol. The quantitative estimate of drug-likeness (QED) is 0.870. The van der Waals surface area contributed by atoms with Crippen LogP contribution in [-0.4, -0.2) is 41.4 Å². The summed E-state index contributed by atoms with van der Waals surface area (Å²) < 4.78 is 10.7. The Bertz CT molecular complexity index is 953. The summed E-state index contributed by atoms with van der Waals surface area (Å²) >= 11 is 1.43. The largest absolute Gasteiger partial charge is 0.454 e. The average molecular weight is 386 g/mol. The van der Waals surface area contributed by atoms with Crippen molar-refractivity contribution >= 4 is 34.0 Å². The van der Waals surface area contributed by atoms with E-state index in [4.69, 9.17) is 9.47 Å². The number of aryl methyl sites for hydroxylation is 1. The molecule has 0 saturated heterocycles. The van der Waals surface area contributed by atoms with Gasteiger partial charge in [0.2, 0.25) is 12.7 Å². The lowest BCUT2D eigenvalue weighted by Crippen LogP contribution is -2.34. The fourth-order valence-corrected chi connectivity index (χ4v) is 3.88. The predicted octanol–water partition coefficient (Wildman–Crippen LogP) is 2.32. The molecule has 0 bridgehead atoms. The molecule has 1 N–H and O–H groups in total. The van der Waals surface area contributed by atoms with Gasteiger partial charge in [-0.25, -0.2) is 9.99 Å². The van der Waals surface area contributed by atoms with Gasteiger partial charge in [-0.15, -0.1) is 11.3 Å². The topological polar surface area (TPSA) is 93.1 Å². The molecule has 2 amide bonds. The van der Waals surface area contributed by atoms with E-state index in [1.54, 1.807) is 7.05 Å². The van der Waals surface area contributed by atoms with Crippen LogP contribution in [0.2, 0.25) is 0 Å². The Morgan fingerprint density at radius 3 is 2.93 bits per heavy atom. The van der Waals surface area contributed by atoms with E-state index in [0.29, 0.717) is 23.7 Å². The smallest absolute Gasteiger partial charge is 0.273 e. The molecule has 4 rings (SSSR count). The Balaban J connectivity index is 1.46. The lowest BCUT2D eigenvalue weighted by Gasteiger charge is -2.18. The molecule has 0 spiro atoms. The molecule has 0 atom stereocenters. The van der Waals surface area contributed by atoms with Gasteiger partial charge in [-0.3, -0.25) is 14.9 Å². The number of aromatic nitrogens is 1. The van der Waals surface area contributed by atoms with Crippen LogP contribution in [-0.2, 0) is 16.0 Å². The molecule has 0 radical (unpaired) electrons. The van der Waals surface area contributed by atoms with Crippen molar-refractivity contribution in [1.82, 2.24) is 9.99 Å². The number of nitrogens with zero attached hydrogens (tertiary/aromatic N) is 3. The van der Waals surface area contributed by atoms with Crippen molar-refractivity contribution in [3.05, 3.63) is 34.3 Å². The number of carbonyl (C=O) groups excluding carboxylic acids is 2. The van der Waals surface area contributed by atoms with Crippen molar-refractivity contribution in [3.8, 4) is 11.5 Å². The Morgan fingerprint density at radius 2 is 2.11 bits per heavy atom. The van der Waals surface area contributed by atoms with Crippen LogP contribution in [0.4, 0.5) is 5.13 Å².